The third-order valence-electron chi connectivity index (χ3n) is 4.28. The fraction of sp³-hybridized carbons (Fsp3) is 0.600. The van der Waals surface area contributed by atoms with Gasteiger partial charge in [0.15, 0.2) is 0 Å². The van der Waals surface area contributed by atoms with Crippen LogP contribution in [0, 0.1) is 0 Å². The van der Waals surface area contributed by atoms with Crippen molar-refractivity contribution in [3.8, 4) is 5.75 Å². The third-order valence-corrected chi connectivity index (χ3v) is 5.84. The van der Waals surface area contributed by atoms with E-state index in [0.29, 0.717) is 18.9 Å². The van der Waals surface area contributed by atoms with Gasteiger partial charge in [-0.1, -0.05) is 12.1 Å². The topological polar surface area (TPSA) is 58.6 Å². The Hall–Kier alpha value is -1.32. The highest BCUT2D eigenvalue weighted by Gasteiger charge is 2.36. The summed E-state index contributed by atoms with van der Waals surface area (Å²) >= 11 is 0. The Kier molecular flexibility index (Phi) is 4.76. The monoisotopic (exact) mass is 364 g/mol. The summed E-state index contributed by atoms with van der Waals surface area (Å²) in [7, 11) is -4.08. The molecule has 1 saturated heterocycles. The van der Waals surface area contributed by atoms with Crippen molar-refractivity contribution < 1.29 is 26.3 Å². The zero-order valence-electron chi connectivity index (χ0n) is 12.9. The van der Waals surface area contributed by atoms with E-state index >= 15 is 0 Å². The first kappa shape index (κ1) is 17.5. The molecule has 134 valence electrons. The van der Waals surface area contributed by atoms with E-state index in [0.717, 1.165) is 25.2 Å². The lowest BCUT2D eigenvalue weighted by molar-refractivity contribution is -0.275. The van der Waals surface area contributed by atoms with Gasteiger partial charge in [-0.15, -0.1) is 13.2 Å². The van der Waals surface area contributed by atoms with Crippen LogP contribution in [0.2, 0.25) is 0 Å². The fourth-order valence-electron chi connectivity index (χ4n) is 2.99. The summed E-state index contributed by atoms with van der Waals surface area (Å²) in [6, 6.07) is 5.13. The Morgan fingerprint density at radius 1 is 1.08 bits per heavy atom. The molecule has 1 aromatic rings. The second-order valence-corrected chi connectivity index (χ2v) is 7.84. The van der Waals surface area contributed by atoms with Crippen LogP contribution in [0.3, 0.4) is 0 Å². The molecule has 5 nitrogen and oxygen atoms in total. The molecule has 0 unspecified atom stereocenters. The molecule has 0 bridgehead atoms. The molecule has 1 aliphatic heterocycles. The van der Waals surface area contributed by atoms with Crippen molar-refractivity contribution in [2.75, 3.05) is 13.1 Å². The van der Waals surface area contributed by atoms with Crippen LogP contribution in [0.5, 0.6) is 5.75 Å². The first-order valence-corrected chi connectivity index (χ1v) is 9.34. The lowest BCUT2D eigenvalue weighted by atomic mass is 10.1. The van der Waals surface area contributed by atoms with Crippen LogP contribution < -0.4 is 9.46 Å². The maximum absolute atomic E-state index is 12.5. The van der Waals surface area contributed by atoms with Gasteiger partial charge in [0.05, 0.1) is 0 Å². The molecule has 2 aliphatic rings. The van der Waals surface area contributed by atoms with Crippen LogP contribution in [0.1, 0.15) is 25.7 Å². The minimum atomic E-state index is -4.94. The molecule has 2 fully saturated rings. The van der Waals surface area contributed by atoms with E-state index in [1.165, 1.54) is 25.0 Å². The number of nitrogens with one attached hydrogen (secondary N) is 1. The Morgan fingerprint density at radius 2 is 1.71 bits per heavy atom. The second-order valence-electron chi connectivity index (χ2n) is 6.16. The van der Waals surface area contributed by atoms with Crippen molar-refractivity contribution in [1.29, 1.82) is 0 Å². The SMILES string of the molecule is O=S(=O)(NC1CCN(C2CC2)CC1)c1ccccc1OC(F)(F)F. The number of hydrogen-bond donors (Lipinski definition) is 1. The second kappa shape index (κ2) is 6.53. The van der Waals surface area contributed by atoms with E-state index in [4.69, 9.17) is 0 Å². The maximum Gasteiger partial charge on any atom is 0.573 e. The van der Waals surface area contributed by atoms with Crippen molar-refractivity contribution in [3.63, 3.8) is 0 Å². The maximum atomic E-state index is 12.5. The average Bonchev–Trinajstić information content (AvgIpc) is 3.31. The Bertz CT molecular complexity index is 681. The molecule has 0 atom stereocenters. The van der Waals surface area contributed by atoms with E-state index in [2.05, 4.69) is 14.4 Å². The number of rotatable bonds is 5. The number of sulfonamides is 1. The molecule has 1 heterocycles. The van der Waals surface area contributed by atoms with Gasteiger partial charge in [0.2, 0.25) is 10.0 Å². The van der Waals surface area contributed by atoms with Gasteiger partial charge in [0, 0.05) is 12.1 Å². The molecule has 1 aliphatic carbocycles. The van der Waals surface area contributed by atoms with Gasteiger partial charge < -0.3 is 9.64 Å². The van der Waals surface area contributed by atoms with Gasteiger partial charge in [-0.3, -0.25) is 0 Å². The summed E-state index contributed by atoms with van der Waals surface area (Å²) in [6.07, 6.45) is -1.26. The van der Waals surface area contributed by atoms with E-state index in [-0.39, 0.29) is 6.04 Å². The highest BCUT2D eigenvalue weighted by Crippen LogP contribution is 2.31. The van der Waals surface area contributed by atoms with Crippen molar-refractivity contribution in [3.05, 3.63) is 24.3 Å². The first-order valence-electron chi connectivity index (χ1n) is 7.86. The van der Waals surface area contributed by atoms with Crippen molar-refractivity contribution in [2.24, 2.45) is 0 Å². The van der Waals surface area contributed by atoms with E-state index in [9.17, 15) is 21.6 Å². The quantitative estimate of drug-likeness (QED) is 0.872. The van der Waals surface area contributed by atoms with E-state index in [1.54, 1.807) is 0 Å². The van der Waals surface area contributed by atoms with Crippen LogP contribution in [0.25, 0.3) is 0 Å². The number of halogens is 3. The van der Waals surface area contributed by atoms with Gasteiger partial charge in [0.25, 0.3) is 0 Å². The summed E-state index contributed by atoms with van der Waals surface area (Å²) < 4.78 is 68.6. The zero-order valence-corrected chi connectivity index (χ0v) is 13.7. The summed E-state index contributed by atoms with van der Waals surface area (Å²) in [4.78, 5) is 1.85. The Labute approximate surface area is 138 Å². The molecule has 0 spiro atoms. The van der Waals surface area contributed by atoms with Gasteiger partial charge in [0.1, 0.15) is 10.6 Å². The summed E-state index contributed by atoms with van der Waals surface area (Å²) in [5.74, 6) is -0.715. The average molecular weight is 364 g/mol. The normalized spacial score (nSPS) is 21.0. The molecular formula is C15H19F3N2O3S. The molecule has 1 saturated carbocycles. The predicted octanol–water partition coefficient (Wildman–Crippen LogP) is 2.49. The zero-order chi connectivity index (χ0) is 17.4. The predicted molar refractivity (Wildman–Crippen MR) is 81.1 cm³/mol. The highest BCUT2D eigenvalue weighted by atomic mass is 32.2. The summed E-state index contributed by atoms with van der Waals surface area (Å²) in [5, 5.41) is 0. The molecule has 1 aromatic carbocycles. The molecule has 9 heteroatoms. The van der Waals surface area contributed by atoms with Gasteiger partial charge in [-0.25, -0.2) is 13.1 Å². The highest BCUT2D eigenvalue weighted by molar-refractivity contribution is 7.89. The Morgan fingerprint density at radius 3 is 2.29 bits per heavy atom. The molecule has 24 heavy (non-hydrogen) atoms. The molecule has 0 radical (unpaired) electrons. The van der Waals surface area contributed by atoms with Crippen molar-refractivity contribution in [2.45, 2.75) is 49.0 Å². The van der Waals surface area contributed by atoms with Gasteiger partial charge in [-0.2, -0.15) is 0 Å². The van der Waals surface area contributed by atoms with E-state index < -0.39 is 27.0 Å². The van der Waals surface area contributed by atoms with Crippen LogP contribution >= 0.6 is 0 Å². The molecule has 3 rings (SSSR count). The summed E-state index contributed by atoms with van der Waals surface area (Å²) in [5.41, 5.74) is 0. The van der Waals surface area contributed by atoms with Crippen LogP contribution in [0.15, 0.2) is 29.2 Å². The molecular weight excluding hydrogens is 345 g/mol. The van der Waals surface area contributed by atoms with Crippen LogP contribution in [-0.2, 0) is 10.0 Å². The van der Waals surface area contributed by atoms with E-state index in [1.807, 2.05) is 0 Å². The number of likely N-dealkylation sites (tertiary alicyclic amines) is 1. The summed E-state index contributed by atoms with van der Waals surface area (Å²) in [6.45, 7) is 1.61. The number of para-hydroxylation sites is 1. The van der Waals surface area contributed by atoms with Crippen LogP contribution in [-0.4, -0.2) is 44.9 Å². The smallest absolute Gasteiger partial charge is 0.404 e. The van der Waals surface area contributed by atoms with Crippen molar-refractivity contribution >= 4 is 10.0 Å². The molecule has 1 N–H and O–H groups in total. The van der Waals surface area contributed by atoms with Gasteiger partial charge in [-0.05, 0) is 50.9 Å². The number of alkyl halides is 3. The van der Waals surface area contributed by atoms with Gasteiger partial charge >= 0.3 is 6.36 Å². The number of hydrogen-bond acceptors (Lipinski definition) is 4. The number of ether oxygens (including phenoxy) is 1. The molecule has 0 amide bonds. The largest absolute Gasteiger partial charge is 0.573 e. The lowest BCUT2D eigenvalue weighted by Gasteiger charge is -2.32. The standard InChI is InChI=1S/C15H19F3N2O3S/c16-15(17,18)23-13-3-1-2-4-14(13)24(21,22)19-11-7-9-20(10-8-11)12-5-6-12/h1-4,11-12,19H,5-10H2. The number of piperidine rings is 1. The minimum absolute atomic E-state index is 0.274. The number of benzene rings is 1. The van der Waals surface area contributed by atoms with Crippen molar-refractivity contribution in [1.82, 2.24) is 9.62 Å². The minimum Gasteiger partial charge on any atom is -0.404 e. The fourth-order valence-corrected chi connectivity index (χ4v) is 4.42. The molecule has 0 aromatic heterocycles. The lowest BCUT2D eigenvalue weighted by Crippen LogP contribution is -2.45. The first-order chi connectivity index (χ1) is 11.2. The number of nitrogens with zero attached hydrogens (tertiary/aromatic N) is 1. The third kappa shape index (κ3) is 4.40. The van der Waals surface area contributed by atoms with Crippen LogP contribution in [0.4, 0.5) is 13.2 Å². The Balaban J connectivity index is 1.69.